The standard InChI is InChI=1S/C21H28N6O3/c1-13(2)7-18-17(20(29)23-10-15-4-6-24-25-15)8-16-11-26(12-19(28)27(16)18)21(30)14-3-5-22-9-14/h3-6,9,13,16-18,22H,7-8,10-12H2,1-2H3,(H,23,29)(H,24,25)/t16-,17-,18-/m0/s1. The molecule has 0 spiro atoms. The zero-order chi connectivity index (χ0) is 21.3. The molecular formula is C21H28N6O3. The zero-order valence-corrected chi connectivity index (χ0v) is 17.3. The van der Waals surface area contributed by atoms with Crippen molar-refractivity contribution in [3.8, 4) is 0 Å². The molecule has 4 rings (SSSR count). The number of piperazine rings is 1. The quantitative estimate of drug-likeness (QED) is 0.660. The van der Waals surface area contributed by atoms with Gasteiger partial charge in [0, 0.05) is 31.2 Å². The van der Waals surface area contributed by atoms with E-state index in [4.69, 9.17) is 0 Å². The Morgan fingerprint density at radius 2 is 2.17 bits per heavy atom. The maximum Gasteiger partial charge on any atom is 0.255 e. The van der Waals surface area contributed by atoms with Crippen LogP contribution in [0.1, 0.15) is 42.7 Å². The molecule has 0 aromatic carbocycles. The number of nitrogens with zero attached hydrogens (tertiary/aromatic N) is 3. The van der Waals surface area contributed by atoms with E-state index in [-0.39, 0.29) is 42.3 Å². The van der Waals surface area contributed by atoms with Crippen molar-refractivity contribution in [1.29, 1.82) is 0 Å². The summed E-state index contributed by atoms with van der Waals surface area (Å²) in [7, 11) is 0. The SMILES string of the molecule is CC(C)C[C@H]1[C@@H](C(=O)NCc2ccn[nH]2)C[C@H]2CN(C(=O)c3cc[nH]c3)CC(=O)N21. The van der Waals surface area contributed by atoms with Crippen LogP contribution in [-0.4, -0.2) is 67.9 Å². The molecule has 2 saturated heterocycles. The molecule has 9 heteroatoms. The molecule has 2 aromatic rings. The first-order valence-corrected chi connectivity index (χ1v) is 10.4. The fourth-order valence-electron chi connectivity index (χ4n) is 4.68. The summed E-state index contributed by atoms with van der Waals surface area (Å²) in [5, 5.41) is 9.72. The number of carbonyl (C=O) groups is 3. The fraction of sp³-hybridized carbons (Fsp3) is 0.524. The minimum Gasteiger partial charge on any atom is -0.367 e. The molecule has 0 bridgehead atoms. The van der Waals surface area contributed by atoms with Crippen molar-refractivity contribution in [2.45, 2.75) is 45.3 Å². The lowest BCUT2D eigenvalue weighted by molar-refractivity contribution is -0.140. The largest absolute Gasteiger partial charge is 0.367 e. The Balaban J connectivity index is 1.49. The summed E-state index contributed by atoms with van der Waals surface area (Å²) in [5.41, 5.74) is 1.38. The molecular weight excluding hydrogens is 384 g/mol. The molecule has 4 heterocycles. The van der Waals surface area contributed by atoms with Crippen LogP contribution in [0.4, 0.5) is 0 Å². The maximum absolute atomic E-state index is 13.0. The predicted molar refractivity (Wildman–Crippen MR) is 109 cm³/mol. The fourth-order valence-corrected chi connectivity index (χ4v) is 4.68. The molecule has 30 heavy (non-hydrogen) atoms. The number of hydrogen-bond acceptors (Lipinski definition) is 4. The average molecular weight is 412 g/mol. The number of rotatable bonds is 6. The number of carbonyl (C=O) groups excluding carboxylic acids is 3. The van der Waals surface area contributed by atoms with Crippen molar-refractivity contribution >= 4 is 17.7 Å². The second-order valence-corrected chi connectivity index (χ2v) is 8.58. The van der Waals surface area contributed by atoms with Gasteiger partial charge in [0.1, 0.15) is 6.54 Å². The van der Waals surface area contributed by atoms with Crippen LogP contribution in [0, 0.1) is 11.8 Å². The molecule has 9 nitrogen and oxygen atoms in total. The molecule has 3 atom stereocenters. The van der Waals surface area contributed by atoms with Crippen LogP contribution in [0.25, 0.3) is 0 Å². The van der Waals surface area contributed by atoms with Gasteiger partial charge in [0.25, 0.3) is 5.91 Å². The molecule has 2 aromatic heterocycles. The number of fused-ring (bicyclic) bond motifs is 1. The lowest BCUT2D eigenvalue weighted by Gasteiger charge is -2.40. The van der Waals surface area contributed by atoms with E-state index in [2.05, 4.69) is 34.3 Å². The second kappa shape index (κ2) is 8.33. The first-order chi connectivity index (χ1) is 14.4. The molecule has 2 aliphatic heterocycles. The highest BCUT2D eigenvalue weighted by Gasteiger charge is 2.50. The summed E-state index contributed by atoms with van der Waals surface area (Å²) < 4.78 is 0. The van der Waals surface area contributed by atoms with Crippen molar-refractivity contribution in [2.24, 2.45) is 11.8 Å². The van der Waals surface area contributed by atoms with Crippen LogP contribution < -0.4 is 5.32 Å². The van der Waals surface area contributed by atoms with E-state index in [0.717, 1.165) is 12.1 Å². The summed E-state index contributed by atoms with van der Waals surface area (Å²) in [4.78, 5) is 45.2. The van der Waals surface area contributed by atoms with Gasteiger partial charge in [-0.05, 0) is 30.9 Å². The van der Waals surface area contributed by atoms with Gasteiger partial charge in [-0.2, -0.15) is 5.10 Å². The smallest absolute Gasteiger partial charge is 0.255 e. The van der Waals surface area contributed by atoms with E-state index >= 15 is 0 Å². The Bertz CT molecular complexity index is 892. The van der Waals surface area contributed by atoms with Gasteiger partial charge in [-0.15, -0.1) is 0 Å². The van der Waals surface area contributed by atoms with Gasteiger partial charge in [0.05, 0.1) is 29.8 Å². The minimum atomic E-state index is -0.286. The number of hydrogen-bond donors (Lipinski definition) is 3. The van der Waals surface area contributed by atoms with Gasteiger partial charge in [-0.25, -0.2) is 0 Å². The summed E-state index contributed by atoms with van der Waals surface area (Å²) in [5.74, 6) is -0.224. The molecule has 0 unspecified atom stereocenters. The molecule has 3 amide bonds. The van der Waals surface area contributed by atoms with Crippen LogP contribution in [0.15, 0.2) is 30.7 Å². The highest BCUT2D eigenvalue weighted by molar-refractivity contribution is 5.97. The molecule has 0 saturated carbocycles. The van der Waals surface area contributed by atoms with Gasteiger partial charge in [-0.3, -0.25) is 19.5 Å². The van der Waals surface area contributed by atoms with Gasteiger partial charge in [-0.1, -0.05) is 13.8 Å². The number of amides is 3. The molecule has 2 fully saturated rings. The first-order valence-electron chi connectivity index (χ1n) is 10.4. The summed E-state index contributed by atoms with van der Waals surface area (Å²) in [6, 6.07) is 3.24. The Morgan fingerprint density at radius 3 is 2.83 bits per heavy atom. The third-order valence-electron chi connectivity index (χ3n) is 5.98. The van der Waals surface area contributed by atoms with E-state index in [0.29, 0.717) is 31.0 Å². The molecule has 2 aliphatic rings. The lowest BCUT2D eigenvalue weighted by atomic mass is 9.91. The molecule has 0 radical (unpaired) electrons. The van der Waals surface area contributed by atoms with Crippen molar-refractivity contribution in [3.63, 3.8) is 0 Å². The van der Waals surface area contributed by atoms with Gasteiger partial charge in [0.2, 0.25) is 11.8 Å². The van der Waals surface area contributed by atoms with E-state index in [1.54, 1.807) is 29.6 Å². The number of H-pyrrole nitrogens is 2. The van der Waals surface area contributed by atoms with Crippen molar-refractivity contribution in [3.05, 3.63) is 42.0 Å². The third-order valence-corrected chi connectivity index (χ3v) is 5.98. The van der Waals surface area contributed by atoms with Crippen LogP contribution in [0.2, 0.25) is 0 Å². The van der Waals surface area contributed by atoms with Crippen molar-refractivity contribution in [1.82, 2.24) is 30.3 Å². The van der Waals surface area contributed by atoms with E-state index in [1.807, 2.05) is 11.0 Å². The maximum atomic E-state index is 13.0. The second-order valence-electron chi connectivity index (χ2n) is 8.58. The van der Waals surface area contributed by atoms with Gasteiger partial charge in [0.15, 0.2) is 0 Å². The summed E-state index contributed by atoms with van der Waals surface area (Å²) in [6.07, 6.45) is 6.30. The summed E-state index contributed by atoms with van der Waals surface area (Å²) >= 11 is 0. The van der Waals surface area contributed by atoms with Crippen LogP contribution in [-0.2, 0) is 16.1 Å². The Hall–Kier alpha value is -3.10. The Kier molecular flexibility index (Phi) is 5.61. The van der Waals surface area contributed by atoms with Gasteiger partial charge >= 0.3 is 0 Å². The zero-order valence-electron chi connectivity index (χ0n) is 17.3. The Morgan fingerprint density at radius 1 is 1.33 bits per heavy atom. The third kappa shape index (κ3) is 3.96. The monoisotopic (exact) mass is 412 g/mol. The normalized spacial score (nSPS) is 23.7. The van der Waals surface area contributed by atoms with Crippen LogP contribution in [0.5, 0.6) is 0 Å². The Labute approximate surface area is 175 Å². The summed E-state index contributed by atoms with van der Waals surface area (Å²) in [6.45, 7) is 5.08. The van der Waals surface area contributed by atoms with Crippen LogP contribution in [0.3, 0.4) is 0 Å². The van der Waals surface area contributed by atoms with Crippen molar-refractivity contribution in [2.75, 3.05) is 13.1 Å². The average Bonchev–Trinajstić information content (AvgIpc) is 3.46. The topological polar surface area (TPSA) is 114 Å². The number of aromatic nitrogens is 3. The number of nitrogens with one attached hydrogen (secondary N) is 3. The highest BCUT2D eigenvalue weighted by Crippen LogP contribution is 2.36. The van der Waals surface area contributed by atoms with E-state index in [9.17, 15) is 14.4 Å². The van der Waals surface area contributed by atoms with Gasteiger partial charge < -0.3 is 20.1 Å². The van der Waals surface area contributed by atoms with E-state index < -0.39 is 0 Å². The van der Waals surface area contributed by atoms with Crippen molar-refractivity contribution < 1.29 is 14.4 Å². The molecule has 3 N–H and O–H groups in total. The minimum absolute atomic E-state index is 0.0532. The molecule has 0 aliphatic carbocycles. The van der Waals surface area contributed by atoms with Crippen LogP contribution >= 0.6 is 0 Å². The first kappa shape index (κ1) is 20.2. The lowest BCUT2D eigenvalue weighted by Crippen LogP contribution is -2.57. The highest BCUT2D eigenvalue weighted by atomic mass is 16.2. The number of aromatic amines is 2. The van der Waals surface area contributed by atoms with E-state index in [1.165, 1.54) is 0 Å². The molecule has 160 valence electrons. The predicted octanol–water partition coefficient (Wildman–Crippen LogP) is 1.14.